The minimum Gasteiger partial charge on any atom is -0.396 e. The van der Waals surface area contributed by atoms with Gasteiger partial charge in [-0.15, -0.1) is 0 Å². The zero-order valence-electron chi connectivity index (χ0n) is 14.7. The molecule has 2 heterocycles. The number of aromatic amines is 1. The molecular weight excluding hydrogens is 392 g/mol. The molecular formula is C19H16ClF2N3O3. The number of pyridine rings is 2. The Balaban J connectivity index is 2.19. The molecule has 1 amide bonds. The number of H-pyrrole nitrogens is 1. The molecule has 3 aromatic rings. The first-order valence-electron chi connectivity index (χ1n) is 8.25. The topological polar surface area (TPSA) is 109 Å². The third-order valence-corrected chi connectivity index (χ3v) is 4.84. The first-order valence-corrected chi connectivity index (χ1v) is 8.63. The number of primary amides is 1. The Kier molecular flexibility index (Phi) is 5.44. The number of aryl methyl sites for hydroxylation is 1. The summed E-state index contributed by atoms with van der Waals surface area (Å²) < 4.78 is 26.3. The lowest BCUT2D eigenvalue weighted by molar-refractivity contribution is 0.0811. The summed E-state index contributed by atoms with van der Waals surface area (Å²) in [5.74, 6) is -2.23. The lowest BCUT2D eigenvalue weighted by Crippen LogP contribution is -2.17. The number of carbonyl (C=O) groups excluding carboxylic acids is 1. The standard InChI is InChI=1S/C19H16ClF2N3O3/c1-8-4-10(11(7-26)18(21)22)12(20)5-9(8)14-6-15(27)16-13(25-14)2-3-24-17(16)19(23)28/h2-6,11,18,26H,7H2,1H3,(H2,23,28)(H,25,27). The lowest BCUT2D eigenvalue weighted by Gasteiger charge is -2.18. The van der Waals surface area contributed by atoms with E-state index in [1.54, 1.807) is 6.92 Å². The highest BCUT2D eigenvalue weighted by Crippen LogP contribution is 2.34. The zero-order chi connectivity index (χ0) is 20.6. The van der Waals surface area contributed by atoms with Crippen LogP contribution in [0.3, 0.4) is 0 Å². The van der Waals surface area contributed by atoms with E-state index in [1.165, 1.54) is 30.5 Å². The molecule has 0 bridgehead atoms. The van der Waals surface area contributed by atoms with Gasteiger partial charge in [0.15, 0.2) is 5.43 Å². The summed E-state index contributed by atoms with van der Waals surface area (Å²) in [7, 11) is 0. The molecule has 2 aromatic heterocycles. The van der Waals surface area contributed by atoms with Gasteiger partial charge in [0, 0.05) is 22.8 Å². The number of amides is 1. The molecule has 1 aromatic carbocycles. The van der Waals surface area contributed by atoms with E-state index in [0.717, 1.165) is 0 Å². The van der Waals surface area contributed by atoms with E-state index in [9.17, 15) is 23.5 Å². The maximum absolute atomic E-state index is 13.1. The summed E-state index contributed by atoms with van der Waals surface area (Å²) in [6.07, 6.45) is -1.42. The first kappa shape index (κ1) is 19.9. The molecule has 28 heavy (non-hydrogen) atoms. The Hall–Kier alpha value is -2.84. The number of alkyl halides is 2. The zero-order valence-corrected chi connectivity index (χ0v) is 15.4. The first-order chi connectivity index (χ1) is 13.2. The van der Waals surface area contributed by atoms with Gasteiger partial charge in [0.1, 0.15) is 5.69 Å². The van der Waals surface area contributed by atoms with E-state index >= 15 is 0 Å². The van der Waals surface area contributed by atoms with E-state index in [2.05, 4.69) is 9.97 Å². The molecule has 0 saturated carbocycles. The van der Waals surface area contributed by atoms with Crippen molar-refractivity contribution < 1.29 is 18.7 Å². The number of aromatic nitrogens is 2. The van der Waals surface area contributed by atoms with Crippen molar-refractivity contribution >= 4 is 28.4 Å². The van der Waals surface area contributed by atoms with Gasteiger partial charge in [-0.25, -0.2) is 8.78 Å². The number of nitrogens with zero attached hydrogens (tertiary/aromatic N) is 1. The number of rotatable bonds is 5. The van der Waals surface area contributed by atoms with Crippen LogP contribution >= 0.6 is 11.6 Å². The van der Waals surface area contributed by atoms with E-state index in [4.69, 9.17) is 17.3 Å². The Morgan fingerprint density at radius 3 is 2.68 bits per heavy atom. The average Bonchev–Trinajstić information content (AvgIpc) is 2.63. The Bertz CT molecular complexity index is 1130. The molecule has 1 atom stereocenters. The van der Waals surface area contributed by atoms with Crippen LogP contribution in [-0.4, -0.2) is 34.0 Å². The maximum atomic E-state index is 13.1. The van der Waals surface area contributed by atoms with Crippen LogP contribution in [0.2, 0.25) is 5.02 Å². The second-order valence-electron chi connectivity index (χ2n) is 6.31. The van der Waals surface area contributed by atoms with Crippen molar-refractivity contribution in [2.45, 2.75) is 19.3 Å². The molecule has 1 unspecified atom stereocenters. The highest BCUT2D eigenvalue weighted by molar-refractivity contribution is 6.31. The third kappa shape index (κ3) is 3.48. The predicted molar refractivity (Wildman–Crippen MR) is 102 cm³/mol. The quantitative estimate of drug-likeness (QED) is 0.604. The van der Waals surface area contributed by atoms with Gasteiger partial charge >= 0.3 is 0 Å². The van der Waals surface area contributed by atoms with Crippen molar-refractivity contribution in [2.24, 2.45) is 5.73 Å². The van der Waals surface area contributed by atoms with Gasteiger partial charge in [0.05, 0.1) is 29.1 Å². The van der Waals surface area contributed by atoms with E-state index in [0.29, 0.717) is 22.3 Å². The minimum absolute atomic E-state index is 0.0495. The molecule has 0 fully saturated rings. The molecule has 3 rings (SSSR count). The lowest BCUT2D eigenvalue weighted by atomic mass is 9.94. The molecule has 0 radical (unpaired) electrons. The smallest absolute Gasteiger partial charge is 0.268 e. The normalized spacial score (nSPS) is 12.5. The number of fused-ring (bicyclic) bond motifs is 1. The van der Waals surface area contributed by atoms with Gasteiger partial charge in [-0.3, -0.25) is 14.6 Å². The minimum atomic E-state index is -2.77. The van der Waals surface area contributed by atoms with Crippen LogP contribution in [0.1, 0.15) is 27.5 Å². The van der Waals surface area contributed by atoms with Crippen LogP contribution in [-0.2, 0) is 0 Å². The van der Waals surface area contributed by atoms with Gasteiger partial charge in [-0.2, -0.15) is 0 Å². The number of hydrogen-bond donors (Lipinski definition) is 3. The number of nitrogens with one attached hydrogen (secondary N) is 1. The van der Waals surface area contributed by atoms with Crippen LogP contribution in [0, 0.1) is 6.92 Å². The molecule has 9 heteroatoms. The highest BCUT2D eigenvalue weighted by Gasteiger charge is 2.25. The fourth-order valence-electron chi connectivity index (χ4n) is 3.12. The van der Waals surface area contributed by atoms with Crippen LogP contribution < -0.4 is 11.2 Å². The van der Waals surface area contributed by atoms with Crippen molar-refractivity contribution in [3.8, 4) is 11.3 Å². The Morgan fingerprint density at radius 2 is 2.07 bits per heavy atom. The van der Waals surface area contributed by atoms with E-state index < -0.39 is 30.3 Å². The largest absolute Gasteiger partial charge is 0.396 e. The van der Waals surface area contributed by atoms with Crippen LogP contribution in [0.15, 0.2) is 35.3 Å². The number of aliphatic hydroxyl groups is 1. The number of halogens is 3. The summed E-state index contributed by atoms with van der Waals surface area (Å²) >= 11 is 6.19. The molecule has 0 spiro atoms. The van der Waals surface area contributed by atoms with E-state index in [-0.39, 0.29) is 21.7 Å². The second-order valence-corrected chi connectivity index (χ2v) is 6.71. The van der Waals surface area contributed by atoms with Crippen molar-refractivity contribution in [1.82, 2.24) is 9.97 Å². The van der Waals surface area contributed by atoms with E-state index in [1.807, 2.05) is 0 Å². The van der Waals surface area contributed by atoms with Gasteiger partial charge in [-0.05, 0) is 30.2 Å². The van der Waals surface area contributed by atoms with Gasteiger partial charge in [-0.1, -0.05) is 17.7 Å². The number of hydrogen-bond acceptors (Lipinski definition) is 4. The number of nitrogens with two attached hydrogens (primary N) is 1. The van der Waals surface area contributed by atoms with Crippen molar-refractivity contribution in [1.29, 1.82) is 0 Å². The third-order valence-electron chi connectivity index (χ3n) is 4.51. The molecule has 4 N–H and O–H groups in total. The summed E-state index contributed by atoms with van der Waals surface area (Å²) in [4.78, 5) is 31.0. The Labute approximate surface area is 163 Å². The van der Waals surface area contributed by atoms with Crippen LogP contribution in [0.5, 0.6) is 0 Å². The number of benzene rings is 1. The predicted octanol–water partition coefficient (Wildman–Crippen LogP) is 2.99. The van der Waals surface area contributed by atoms with Gasteiger partial charge in [0.25, 0.3) is 5.91 Å². The van der Waals surface area contributed by atoms with Crippen LogP contribution in [0.4, 0.5) is 8.78 Å². The fourth-order valence-corrected chi connectivity index (χ4v) is 3.43. The van der Waals surface area contributed by atoms with Crippen LogP contribution in [0.25, 0.3) is 22.2 Å². The summed E-state index contributed by atoms with van der Waals surface area (Å²) in [5.41, 5.74) is 6.64. The highest BCUT2D eigenvalue weighted by atomic mass is 35.5. The van der Waals surface area contributed by atoms with Crippen molar-refractivity contribution in [2.75, 3.05) is 6.61 Å². The molecule has 6 nitrogen and oxygen atoms in total. The molecule has 146 valence electrons. The molecule has 0 saturated heterocycles. The van der Waals surface area contributed by atoms with Gasteiger partial charge in [0.2, 0.25) is 6.43 Å². The van der Waals surface area contributed by atoms with Crippen molar-refractivity contribution in [3.63, 3.8) is 0 Å². The molecule has 0 aliphatic carbocycles. The average molecular weight is 408 g/mol. The van der Waals surface area contributed by atoms with Crippen molar-refractivity contribution in [3.05, 3.63) is 62.5 Å². The summed E-state index contributed by atoms with van der Waals surface area (Å²) in [5, 5.41) is 9.36. The number of carbonyl (C=O) groups is 1. The monoisotopic (exact) mass is 407 g/mol. The number of aliphatic hydroxyl groups excluding tert-OH is 1. The maximum Gasteiger partial charge on any atom is 0.268 e. The fraction of sp³-hybridized carbons (Fsp3) is 0.211. The van der Waals surface area contributed by atoms with Gasteiger partial charge < -0.3 is 15.8 Å². The molecule has 0 aliphatic heterocycles. The summed E-state index contributed by atoms with van der Waals surface area (Å²) in [6.45, 7) is 0.935. The summed E-state index contributed by atoms with van der Waals surface area (Å²) in [6, 6.07) is 5.72. The second kappa shape index (κ2) is 7.65. The Morgan fingerprint density at radius 1 is 1.36 bits per heavy atom. The molecule has 0 aliphatic rings. The SMILES string of the molecule is Cc1cc(C(CO)C(F)F)c(Cl)cc1-c1cc(=O)c2c(C(N)=O)nccc2[nH]1.